The van der Waals surface area contributed by atoms with Gasteiger partial charge >= 0.3 is 0 Å². The molecule has 1 aliphatic heterocycles. The van der Waals surface area contributed by atoms with Crippen molar-refractivity contribution in [2.45, 2.75) is 63.5 Å². The highest BCUT2D eigenvalue weighted by Crippen LogP contribution is 2.42. The van der Waals surface area contributed by atoms with Gasteiger partial charge in [0.25, 0.3) is 0 Å². The van der Waals surface area contributed by atoms with E-state index in [4.69, 9.17) is 9.47 Å². The van der Waals surface area contributed by atoms with Crippen LogP contribution in [0.25, 0.3) is 0 Å². The Morgan fingerprint density at radius 1 is 1.19 bits per heavy atom. The molecule has 1 saturated heterocycles. The molecule has 1 amide bonds. The lowest BCUT2D eigenvalue weighted by Crippen LogP contribution is -2.42. The Hall–Kier alpha value is -1.75. The number of rotatable bonds is 6. The van der Waals surface area contributed by atoms with E-state index >= 15 is 0 Å². The summed E-state index contributed by atoms with van der Waals surface area (Å²) in [5.41, 5.74) is 1.29. The van der Waals surface area contributed by atoms with Crippen molar-refractivity contribution in [3.05, 3.63) is 23.8 Å². The number of likely N-dealkylation sites (N-methyl/N-ethyl adjacent to an activating group) is 2. The first-order chi connectivity index (χ1) is 13.0. The summed E-state index contributed by atoms with van der Waals surface area (Å²) in [6.45, 7) is 3.85. The van der Waals surface area contributed by atoms with Gasteiger partial charge in [-0.05, 0) is 50.9 Å². The lowest BCUT2D eigenvalue weighted by atomic mass is 9.79. The lowest BCUT2D eigenvalue weighted by molar-refractivity contribution is -0.132. The molecule has 5 nitrogen and oxygen atoms in total. The van der Waals surface area contributed by atoms with E-state index in [1.54, 1.807) is 14.2 Å². The van der Waals surface area contributed by atoms with Crippen LogP contribution >= 0.6 is 0 Å². The van der Waals surface area contributed by atoms with Crippen LogP contribution < -0.4 is 9.47 Å². The molecule has 2 fully saturated rings. The molecule has 5 heteroatoms. The van der Waals surface area contributed by atoms with Crippen LogP contribution in [0.5, 0.6) is 11.5 Å². The van der Waals surface area contributed by atoms with Crippen LogP contribution in [0, 0.1) is 0 Å². The third-order valence-electron chi connectivity index (χ3n) is 6.60. The maximum atomic E-state index is 13.1. The Morgan fingerprint density at radius 3 is 2.52 bits per heavy atom. The number of amides is 1. The summed E-state index contributed by atoms with van der Waals surface area (Å²) in [5.74, 6) is 1.57. The van der Waals surface area contributed by atoms with E-state index < -0.39 is 0 Å². The van der Waals surface area contributed by atoms with Crippen LogP contribution in [0.4, 0.5) is 0 Å². The SMILES string of the molecule is CCN(C(=O)Cc1ccc(OC)c(OC)c1)C1CN(C)C2(CCCCC2)C1. The average Bonchev–Trinajstić information content (AvgIpc) is 2.98. The van der Waals surface area contributed by atoms with Gasteiger partial charge in [0.1, 0.15) is 0 Å². The smallest absolute Gasteiger partial charge is 0.227 e. The van der Waals surface area contributed by atoms with Crippen LogP contribution in [0.2, 0.25) is 0 Å². The highest BCUT2D eigenvalue weighted by Gasteiger charge is 2.46. The van der Waals surface area contributed by atoms with Gasteiger partial charge in [-0.3, -0.25) is 9.69 Å². The molecule has 0 aromatic heterocycles. The van der Waals surface area contributed by atoms with Gasteiger partial charge in [-0.15, -0.1) is 0 Å². The number of benzene rings is 1. The molecule has 1 atom stereocenters. The predicted octanol–water partition coefficient (Wildman–Crippen LogP) is 3.50. The summed E-state index contributed by atoms with van der Waals surface area (Å²) < 4.78 is 10.7. The van der Waals surface area contributed by atoms with Crippen LogP contribution in [0.15, 0.2) is 18.2 Å². The summed E-state index contributed by atoms with van der Waals surface area (Å²) in [7, 11) is 5.50. The van der Waals surface area contributed by atoms with Gasteiger partial charge in [0.15, 0.2) is 11.5 Å². The molecule has 1 aromatic rings. The van der Waals surface area contributed by atoms with Crippen molar-refractivity contribution in [3.63, 3.8) is 0 Å². The second-order valence-corrected chi connectivity index (χ2v) is 8.07. The van der Waals surface area contributed by atoms with Crippen molar-refractivity contribution in [2.24, 2.45) is 0 Å². The molecule has 150 valence electrons. The van der Waals surface area contributed by atoms with Gasteiger partial charge in [0.05, 0.1) is 20.6 Å². The third kappa shape index (κ3) is 4.08. The van der Waals surface area contributed by atoms with Crippen LogP contribution in [0.1, 0.15) is 51.0 Å². The summed E-state index contributed by atoms with van der Waals surface area (Å²) in [4.78, 5) is 17.7. The molecule has 1 aromatic carbocycles. The molecular weight excluding hydrogens is 340 g/mol. The van der Waals surface area contributed by atoms with E-state index in [1.165, 1.54) is 32.1 Å². The minimum atomic E-state index is 0.205. The highest BCUT2D eigenvalue weighted by molar-refractivity contribution is 5.79. The van der Waals surface area contributed by atoms with Crippen molar-refractivity contribution < 1.29 is 14.3 Å². The first-order valence-electron chi connectivity index (χ1n) is 10.2. The number of ether oxygens (including phenoxy) is 2. The molecule has 3 rings (SSSR count). The molecule has 2 aliphatic rings. The van der Waals surface area contributed by atoms with Gasteiger partial charge in [-0.2, -0.15) is 0 Å². The van der Waals surface area contributed by atoms with E-state index in [2.05, 4.69) is 23.8 Å². The second kappa shape index (κ2) is 8.51. The summed E-state index contributed by atoms with van der Waals surface area (Å²) >= 11 is 0. The molecule has 1 saturated carbocycles. The van der Waals surface area contributed by atoms with Crippen molar-refractivity contribution in [3.8, 4) is 11.5 Å². The predicted molar refractivity (Wildman–Crippen MR) is 107 cm³/mol. The second-order valence-electron chi connectivity index (χ2n) is 8.07. The molecule has 1 aliphatic carbocycles. The Morgan fingerprint density at radius 2 is 1.89 bits per heavy atom. The zero-order valence-corrected chi connectivity index (χ0v) is 17.3. The fourth-order valence-electron chi connectivity index (χ4n) is 5.08. The van der Waals surface area contributed by atoms with Crippen LogP contribution in [-0.2, 0) is 11.2 Å². The monoisotopic (exact) mass is 374 g/mol. The van der Waals surface area contributed by atoms with Crippen molar-refractivity contribution in [1.82, 2.24) is 9.80 Å². The van der Waals surface area contributed by atoms with E-state index in [0.29, 0.717) is 29.5 Å². The van der Waals surface area contributed by atoms with Gasteiger partial charge < -0.3 is 14.4 Å². The fraction of sp³-hybridized carbons (Fsp3) is 0.682. The zero-order chi connectivity index (χ0) is 19.4. The Labute approximate surface area is 163 Å². The van der Waals surface area contributed by atoms with Gasteiger partial charge in [0, 0.05) is 24.7 Å². The Kier molecular flexibility index (Phi) is 6.30. The maximum Gasteiger partial charge on any atom is 0.227 e. The number of carbonyl (C=O) groups is 1. The summed E-state index contributed by atoms with van der Waals surface area (Å²) in [5, 5.41) is 0. The normalized spacial score (nSPS) is 22.0. The van der Waals surface area contributed by atoms with Crippen molar-refractivity contribution >= 4 is 5.91 Å². The third-order valence-corrected chi connectivity index (χ3v) is 6.60. The topological polar surface area (TPSA) is 42.0 Å². The van der Waals surface area contributed by atoms with E-state index in [0.717, 1.165) is 25.1 Å². The van der Waals surface area contributed by atoms with Crippen LogP contribution in [-0.4, -0.2) is 61.6 Å². The van der Waals surface area contributed by atoms with Gasteiger partial charge in [-0.1, -0.05) is 25.3 Å². The van der Waals surface area contributed by atoms with Gasteiger partial charge in [0.2, 0.25) is 5.91 Å². The standard InChI is InChI=1S/C22H34N2O3/c1-5-24(18-15-22(23(2)16-18)11-7-6-8-12-22)21(25)14-17-9-10-19(26-3)20(13-17)27-4/h9-10,13,18H,5-8,11-12,14-16H2,1-4H3. The highest BCUT2D eigenvalue weighted by atomic mass is 16.5. The number of likely N-dealkylation sites (tertiary alicyclic amines) is 1. The molecular formula is C22H34N2O3. The number of methoxy groups -OCH3 is 2. The molecule has 1 heterocycles. The number of hydrogen-bond donors (Lipinski definition) is 0. The molecule has 0 radical (unpaired) electrons. The Bertz CT molecular complexity index is 655. The van der Waals surface area contributed by atoms with Gasteiger partial charge in [-0.25, -0.2) is 0 Å². The van der Waals surface area contributed by atoms with Crippen molar-refractivity contribution in [2.75, 3.05) is 34.4 Å². The molecule has 0 bridgehead atoms. The Balaban J connectivity index is 1.69. The van der Waals surface area contributed by atoms with E-state index in [1.807, 2.05) is 18.2 Å². The quantitative estimate of drug-likeness (QED) is 0.764. The van der Waals surface area contributed by atoms with E-state index in [9.17, 15) is 4.79 Å². The maximum absolute atomic E-state index is 13.1. The number of carbonyl (C=O) groups excluding carboxylic acids is 1. The lowest BCUT2D eigenvalue weighted by Gasteiger charge is -2.39. The molecule has 1 spiro atoms. The molecule has 1 unspecified atom stereocenters. The minimum absolute atomic E-state index is 0.205. The minimum Gasteiger partial charge on any atom is -0.493 e. The zero-order valence-electron chi connectivity index (χ0n) is 17.3. The number of hydrogen-bond acceptors (Lipinski definition) is 4. The van der Waals surface area contributed by atoms with E-state index in [-0.39, 0.29) is 5.91 Å². The molecule has 0 N–H and O–H groups in total. The fourth-order valence-corrected chi connectivity index (χ4v) is 5.08. The molecule has 27 heavy (non-hydrogen) atoms. The number of nitrogens with zero attached hydrogens (tertiary/aromatic N) is 2. The summed E-state index contributed by atoms with van der Waals surface area (Å²) in [6.07, 6.45) is 8.08. The summed E-state index contributed by atoms with van der Waals surface area (Å²) in [6, 6.07) is 6.06. The first kappa shape index (κ1) is 20.0. The largest absolute Gasteiger partial charge is 0.493 e. The van der Waals surface area contributed by atoms with Crippen molar-refractivity contribution in [1.29, 1.82) is 0 Å². The van der Waals surface area contributed by atoms with Crippen LogP contribution in [0.3, 0.4) is 0 Å². The first-order valence-corrected chi connectivity index (χ1v) is 10.2. The average molecular weight is 375 g/mol.